The van der Waals surface area contributed by atoms with Crippen molar-refractivity contribution < 1.29 is 14.6 Å². The van der Waals surface area contributed by atoms with Gasteiger partial charge >= 0.3 is 5.97 Å². The minimum Gasteiger partial charge on any atom is -0.465 e. The number of carbonyl (C=O) groups is 1. The van der Waals surface area contributed by atoms with E-state index in [2.05, 4.69) is 0 Å². The average molecular weight is 237 g/mol. The van der Waals surface area contributed by atoms with E-state index < -0.39 is 6.10 Å². The Morgan fingerprint density at radius 2 is 1.94 bits per heavy atom. The van der Waals surface area contributed by atoms with E-state index in [-0.39, 0.29) is 12.0 Å². The van der Waals surface area contributed by atoms with Gasteiger partial charge < -0.3 is 14.7 Å². The van der Waals surface area contributed by atoms with Crippen molar-refractivity contribution in [2.24, 2.45) is 0 Å². The first-order valence-corrected chi connectivity index (χ1v) is 5.57. The molecule has 0 bridgehead atoms. The van der Waals surface area contributed by atoms with Gasteiger partial charge in [0.25, 0.3) is 0 Å². The molecule has 1 aromatic rings. The van der Waals surface area contributed by atoms with Gasteiger partial charge in [-0.3, -0.25) is 0 Å². The molecule has 4 heteroatoms. The van der Waals surface area contributed by atoms with Crippen LogP contribution in [0.4, 0.5) is 5.69 Å². The highest BCUT2D eigenvalue weighted by Crippen LogP contribution is 2.22. The maximum Gasteiger partial charge on any atom is 0.339 e. The van der Waals surface area contributed by atoms with Crippen molar-refractivity contribution >= 4 is 11.7 Å². The van der Waals surface area contributed by atoms with E-state index in [0.29, 0.717) is 5.56 Å². The van der Waals surface area contributed by atoms with Crippen molar-refractivity contribution in [2.45, 2.75) is 26.0 Å². The molecule has 0 aliphatic rings. The van der Waals surface area contributed by atoms with E-state index in [4.69, 9.17) is 4.74 Å². The van der Waals surface area contributed by atoms with Crippen molar-refractivity contribution in [1.82, 2.24) is 0 Å². The molecule has 0 saturated carbocycles. The minimum atomic E-state index is -0.481. The molecular weight excluding hydrogens is 218 g/mol. The fraction of sp³-hybridized carbons (Fsp3) is 0.462. The normalized spacial score (nSPS) is 13.9. The predicted octanol–water partition coefficient (Wildman–Crippen LogP) is 1.68. The fourth-order valence-electron chi connectivity index (χ4n) is 1.61. The van der Waals surface area contributed by atoms with Crippen LogP contribution in [0.25, 0.3) is 0 Å². The maximum absolute atomic E-state index is 11.6. The van der Waals surface area contributed by atoms with Gasteiger partial charge in [-0.2, -0.15) is 0 Å². The van der Waals surface area contributed by atoms with Crippen molar-refractivity contribution in [3.05, 3.63) is 29.8 Å². The summed E-state index contributed by atoms with van der Waals surface area (Å²) in [6, 6.07) is 7.11. The number of esters is 1. The Kier molecular flexibility index (Phi) is 4.52. The summed E-state index contributed by atoms with van der Waals surface area (Å²) < 4.78 is 4.74. The molecule has 0 fully saturated rings. The van der Waals surface area contributed by atoms with Gasteiger partial charge in [0.1, 0.15) is 0 Å². The number of anilines is 1. The first-order chi connectivity index (χ1) is 7.99. The third-order valence-electron chi connectivity index (χ3n) is 3.00. The topological polar surface area (TPSA) is 49.8 Å². The molecule has 1 aromatic carbocycles. The number of nitrogens with zero attached hydrogens (tertiary/aromatic N) is 1. The van der Waals surface area contributed by atoms with E-state index in [9.17, 15) is 9.90 Å². The zero-order valence-corrected chi connectivity index (χ0v) is 10.7. The zero-order valence-electron chi connectivity index (χ0n) is 10.7. The lowest BCUT2D eigenvalue weighted by Gasteiger charge is -2.30. The predicted molar refractivity (Wildman–Crippen MR) is 67.3 cm³/mol. The number of carbonyl (C=O) groups excluding carboxylic acids is 1. The van der Waals surface area contributed by atoms with Gasteiger partial charge in [-0.15, -0.1) is 0 Å². The quantitative estimate of drug-likeness (QED) is 0.809. The largest absolute Gasteiger partial charge is 0.465 e. The first-order valence-electron chi connectivity index (χ1n) is 5.57. The van der Waals surface area contributed by atoms with Gasteiger partial charge in [0.15, 0.2) is 0 Å². The Bertz CT molecular complexity index is 390. The van der Waals surface area contributed by atoms with Gasteiger partial charge in [-0.1, -0.05) is 12.1 Å². The number of para-hydroxylation sites is 1. The molecule has 0 spiro atoms. The molecule has 0 amide bonds. The van der Waals surface area contributed by atoms with Crippen molar-refractivity contribution in [2.75, 3.05) is 19.1 Å². The fourth-order valence-corrected chi connectivity index (χ4v) is 1.61. The van der Waals surface area contributed by atoms with Gasteiger partial charge in [0.05, 0.1) is 30.5 Å². The molecule has 0 saturated heterocycles. The zero-order chi connectivity index (χ0) is 13.0. The maximum atomic E-state index is 11.6. The monoisotopic (exact) mass is 237 g/mol. The average Bonchev–Trinajstić information content (AvgIpc) is 2.35. The van der Waals surface area contributed by atoms with Crippen LogP contribution in [-0.2, 0) is 4.74 Å². The minimum absolute atomic E-state index is 0.0826. The van der Waals surface area contributed by atoms with Crippen molar-refractivity contribution in [3.8, 4) is 0 Å². The summed E-state index contributed by atoms with van der Waals surface area (Å²) in [4.78, 5) is 13.5. The van der Waals surface area contributed by atoms with E-state index >= 15 is 0 Å². The van der Waals surface area contributed by atoms with Gasteiger partial charge in [0.2, 0.25) is 0 Å². The smallest absolute Gasteiger partial charge is 0.339 e. The van der Waals surface area contributed by atoms with Crippen molar-refractivity contribution in [1.29, 1.82) is 0 Å². The number of rotatable bonds is 4. The van der Waals surface area contributed by atoms with Crippen LogP contribution < -0.4 is 4.90 Å². The molecule has 94 valence electrons. The third-order valence-corrected chi connectivity index (χ3v) is 3.00. The highest BCUT2D eigenvalue weighted by molar-refractivity contribution is 5.95. The van der Waals surface area contributed by atoms with Crippen LogP contribution in [0.15, 0.2) is 24.3 Å². The molecule has 4 nitrogen and oxygen atoms in total. The molecule has 17 heavy (non-hydrogen) atoms. The number of hydrogen-bond donors (Lipinski definition) is 1. The van der Waals surface area contributed by atoms with Gasteiger partial charge in [-0.05, 0) is 26.0 Å². The van der Waals surface area contributed by atoms with E-state index in [1.54, 1.807) is 19.1 Å². The number of ether oxygens (including phenoxy) is 1. The van der Waals surface area contributed by atoms with Gasteiger partial charge in [-0.25, -0.2) is 4.79 Å². The Hall–Kier alpha value is -1.55. The van der Waals surface area contributed by atoms with Crippen molar-refractivity contribution in [3.63, 3.8) is 0 Å². The Labute approximate surface area is 102 Å². The summed E-state index contributed by atoms with van der Waals surface area (Å²) in [6.45, 7) is 3.63. The van der Waals surface area contributed by atoms with Gasteiger partial charge in [0, 0.05) is 7.05 Å². The number of aliphatic hydroxyl groups is 1. The number of likely N-dealkylation sites (N-methyl/N-ethyl adjacent to an activating group) is 1. The SMILES string of the molecule is COC(=O)c1ccccc1N(C)C(C)C(C)O. The van der Waals surface area contributed by atoms with Crippen LogP contribution in [0.2, 0.25) is 0 Å². The Morgan fingerprint density at radius 1 is 1.35 bits per heavy atom. The lowest BCUT2D eigenvalue weighted by atomic mass is 10.1. The molecule has 0 radical (unpaired) electrons. The van der Waals surface area contributed by atoms with E-state index in [1.165, 1.54) is 7.11 Å². The molecular formula is C13H19NO3. The van der Waals surface area contributed by atoms with Crippen LogP contribution in [0, 0.1) is 0 Å². The lowest BCUT2D eigenvalue weighted by molar-refractivity contribution is 0.0601. The Morgan fingerprint density at radius 3 is 2.47 bits per heavy atom. The lowest BCUT2D eigenvalue weighted by Crippen LogP contribution is -2.38. The summed E-state index contributed by atoms with van der Waals surface area (Å²) in [5.41, 5.74) is 1.26. The molecule has 2 unspecified atom stereocenters. The molecule has 2 atom stereocenters. The molecule has 0 heterocycles. The molecule has 0 aliphatic heterocycles. The first kappa shape index (κ1) is 13.5. The summed E-state index contributed by atoms with van der Waals surface area (Å²) in [5, 5.41) is 9.58. The number of benzene rings is 1. The molecule has 0 aromatic heterocycles. The summed E-state index contributed by atoms with van der Waals surface area (Å²) in [5.74, 6) is -0.370. The third kappa shape index (κ3) is 2.97. The summed E-state index contributed by atoms with van der Waals surface area (Å²) in [7, 11) is 3.20. The summed E-state index contributed by atoms with van der Waals surface area (Å²) in [6.07, 6.45) is -0.481. The van der Waals surface area contributed by atoms with E-state index in [1.807, 2.05) is 31.0 Å². The van der Waals surface area contributed by atoms with Crippen LogP contribution in [-0.4, -0.2) is 37.4 Å². The highest BCUT2D eigenvalue weighted by Gasteiger charge is 2.20. The number of hydrogen-bond acceptors (Lipinski definition) is 4. The van der Waals surface area contributed by atoms with E-state index in [0.717, 1.165) is 5.69 Å². The van der Waals surface area contributed by atoms with Crippen LogP contribution in [0.1, 0.15) is 24.2 Å². The summed E-state index contributed by atoms with van der Waals surface area (Å²) >= 11 is 0. The number of aliphatic hydroxyl groups excluding tert-OH is 1. The second-order valence-electron chi connectivity index (χ2n) is 4.10. The van der Waals surface area contributed by atoms with Crippen LogP contribution in [0.5, 0.6) is 0 Å². The van der Waals surface area contributed by atoms with Crippen LogP contribution in [0.3, 0.4) is 0 Å². The molecule has 1 rings (SSSR count). The highest BCUT2D eigenvalue weighted by atomic mass is 16.5. The number of methoxy groups -OCH3 is 1. The Balaban J connectivity index is 3.09. The second-order valence-corrected chi connectivity index (χ2v) is 4.10. The standard InChI is InChI=1S/C13H19NO3/c1-9(10(2)15)14(3)12-8-6-5-7-11(12)13(16)17-4/h5-10,15H,1-4H3. The molecule has 1 N–H and O–H groups in total. The van der Waals surface area contributed by atoms with Crippen LogP contribution >= 0.6 is 0 Å². The molecule has 0 aliphatic carbocycles. The second kappa shape index (κ2) is 5.68.